The van der Waals surface area contributed by atoms with Gasteiger partial charge in [0.05, 0.1) is 11.2 Å². The van der Waals surface area contributed by atoms with Gasteiger partial charge in [0.1, 0.15) is 5.60 Å². The summed E-state index contributed by atoms with van der Waals surface area (Å²) in [6, 6.07) is 0.107. The Bertz CT molecular complexity index is 491. The van der Waals surface area contributed by atoms with E-state index in [1.54, 1.807) is 4.90 Å². The average molecular weight is 323 g/mol. The Balaban J connectivity index is 2.18. The molecule has 0 radical (unpaired) electrons. The van der Waals surface area contributed by atoms with Crippen molar-refractivity contribution in [1.82, 2.24) is 4.90 Å². The summed E-state index contributed by atoms with van der Waals surface area (Å²) in [7, 11) is -0.405. The number of allylic oxidation sites excluding steroid dienone is 1. The maximum absolute atomic E-state index is 12.4. The Morgan fingerprint density at radius 1 is 1.26 bits per heavy atom. The fraction of sp³-hybridized carbons (Fsp3) is 0.824. The Morgan fingerprint density at radius 3 is 2.26 bits per heavy atom. The zero-order valence-electron chi connectivity index (χ0n) is 15.7. The highest BCUT2D eigenvalue weighted by Gasteiger charge is 2.52. The summed E-state index contributed by atoms with van der Waals surface area (Å²) in [5.41, 5.74) is -0.268. The Kier molecular flexibility index (Phi) is 4.64. The van der Waals surface area contributed by atoms with Gasteiger partial charge >= 0.3 is 13.2 Å². The van der Waals surface area contributed by atoms with Gasteiger partial charge in [-0.1, -0.05) is 0 Å². The maximum Gasteiger partial charge on any atom is 0.492 e. The number of nitrogens with zero attached hydrogens (tertiary/aromatic N) is 1. The van der Waals surface area contributed by atoms with Crippen LogP contribution in [0.2, 0.25) is 0 Å². The van der Waals surface area contributed by atoms with Crippen LogP contribution in [0, 0.1) is 0 Å². The van der Waals surface area contributed by atoms with Gasteiger partial charge in [-0.2, -0.15) is 0 Å². The minimum absolute atomic E-state index is 0.107. The second kappa shape index (κ2) is 5.81. The lowest BCUT2D eigenvalue weighted by atomic mass is 9.74. The van der Waals surface area contributed by atoms with Gasteiger partial charge in [0.25, 0.3) is 0 Å². The van der Waals surface area contributed by atoms with Crippen molar-refractivity contribution in [1.29, 1.82) is 0 Å². The molecule has 0 aromatic heterocycles. The summed E-state index contributed by atoms with van der Waals surface area (Å²) in [4.78, 5) is 14.1. The van der Waals surface area contributed by atoms with Crippen molar-refractivity contribution in [2.45, 2.75) is 91.1 Å². The van der Waals surface area contributed by atoms with Gasteiger partial charge in [-0.05, 0) is 73.7 Å². The largest absolute Gasteiger partial charge is 0.492 e. The minimum Gasteiger partial charge on any atom is -0.443 e. The molecule has 0 spiro atoms. The van der Waals surface area contributed by atoms with Crippen LogP contribution >= 0.6 is 0 Å². The molecule has 130 valence electrons. The molecule has 0 aromatic rings. The SMILES string of the molecule is CC1CCC(B2OC(C)(C)C(C)(C)O2)=CN1C(=O)OC(C)(C)C. The van der Waals surface area contributed by atoms with Gasteiger partial charge in [-0.3, -0.25) is 4.90 Å². The first-order valence-electron chi connectivity index (χ1n) is 8.40. The van der Waals surface area contributed by atoms with Crippen molar-refractivity contribution < 1.29 is 18.8 Å². The van der Waals surface area contributed by atoms with Gasteiger partial charge in [0, 0.05) is 12.2 Å². The van der Waals surface area contributed by atoms with Crippen molar-refractivity contribution in [3.05, 3.63) is 11.7 Å². The summed E-state index contributed by atoms with van der Waals surface area (Å²) in [5.74, 6) is 0. The van der Waals surface area contributed by atoms with Crippen LogP contribution in [-0.4, -0.2) is 41.0 Å². The highest BCUT2D eigenvalue weighted by atomic mass is 16.7. The van der Waals surface area contributed by atoms with Crippen LogP contribution in [0.1, 0.15) is 68.2 Å². The fourth-order valence-corrected chi connectivity index (χ4v) is 2.61. The van der Waals surface area contributed by atoms with Gasteiger partial charge < -0.3 is 14.0 Å². The van der Waals surface area contributed by atoms with E-state index in [9.17, 15) is 4.79 Å². The van der Waals surface area contributed by atoms with Crippen LogP contribution < -0.4 is 0 Å². The van der Waals surface area contributed by atoms with E-state index in [2.05, 4.69) is 0 Å². The van der Waals surface area contributed by atoms with Gasteiger partial charge in [-0.15, -0.1) is 0 Å². The van der Waals surface area contributed by atoms with Crippen molar-refractivity contribution in [2.24, 2.45) is 0 Å². The molecule has 1 amide bonds. The first-order chi connectivity index (χ1) is 10.3. The lowest BCUT2D eigenvalue weighted by molar-refractivity contribution is 0.00578. The molecule has 1 atom stereocenters. The first-order valence-corrected chi connectivity index (χ1v) is 8.40. The summed E-state index contributed by atoms with van der Waals surface area (Å²) < 4.78 is 17.7. The number of hydrogen-bond acceptors (Lipinski definition) is 4. The van der Waals surface area contributed by atoms with Crippen molar-refractivity contribution >= 4 is 13.2 Å². The van der Waals surface area contributed by atoms with E-state index in [4.69, 9.17) is 14.0 Å². The molecule has 0 saturated carbocycles. The molecule has 23 heavy (non-hydrogen) atoms. The van der Waals surface area contributed by atoms with E-state index < -0.39 is 12.7 Å². The van der Waals surface area contributed by atoms with Crippen LogP contribution in [-0.2, 0) is 14.0 Å². The van der Waals surface area contributed by atoms with E-state index in [0.717, 1.165) is 18.3 Å². The molecule has 1 saturated heterocycles. The van der Waals surface area contributed by atoms with Crippen LogP contribution in [0.15, 0.2) is 11.7 Å². The van der Waals surface area contributed by atoms with Crippen LogP contribution in [0.3, 0.4) is 0 Å². The molecule has 0 aliphatic carbocycles. The van der Waals surface area contributed by atoms with E-state index in [1.165, 1.54) is 0 Å². The molecule has 2 rings (SSSR count). The van der Waals surface area contributed by atoms with E-state index >= 15 is 0 Å². The molecule has 0 bridgehead atoms. The summed E-state index contributed by atoms with van der Waals surface area (Å²) in [6.07, 6.45) is 3.26. The molecule has 1 fully saturated rings. The quantitative estimate of drug-likeness (QED) is 0.686. The molecule has 2 aliphatic rings. The molecular formula is C17H30BNO4. The zero-order chi connectivity index (χ0) is 17.6. The summed E-state index contributed by atoms with van der Waals surface area (Å²) in [6.45, 7) is 15.8. The summed E-state index contributed by atoms with van der Waals surface area (Å²) >= 11 is 0. The second-order valence-corrected chi connectivity index (χ2v) is 8.57. The standard InChI is InChI=1S/C17H30BNO4/c1-12-9-10-13(11-19(12)14(20)21-15(2,3)4)18-22-16(5,6)17(7,8)23-18/h11-12H,9-10H2,1-8H3. The van der Waals surface area contributed by atoms with Crippen LogP contribution in [0.25, 0.3) is 0 Å². The fourth-order valence-electron chi connectivity index (χ4n) is 2.61. The van der Waals surface area contributed by atoms with Gasteiger partial charge in [0.15, 0.2) is 0 Å². The topological polar surface area (TPSA) is 48.0 Å². The smallest absolute Gasteiger partial charge is 0.443 e. The summed E-state index contributed by atoms with van der Waals surface area (Å²) in [5, 5.41) is 0. The number of amides is 1. The molecule has 6 heteroatoms. The van der Waals surface area contributed by atoms with E-state index in [0.29, 0.717) is 0 Å². The highest BCUT2D eigenvalue weighted by Crippen LogP contribution is 2.40. The van der Waals surface area contributed by atoms with Gasteiger partial charge in [-0.25, -0.2) is 4.79 Å². The maximum atomic E-state index is 12.4. The number of hydrogen-bond donors (Lipinski definition) is 0. The number of ether oxygens (including phenoxy) is 1. The molecule has 0 aromatic carbocycles. The van der Waals surface area contributed by atoms with Crippen molar-refractivity contribution in [3.63, 3.8) is 0 Å². The van der Waals surface area contributed by atoms with Crippen molar-refractivity contribution in [2.75, 3.05) is 0 Å². The van der Waals surface area contributed by atoms with Gasteiger partial charge in [0.2, 0.25) is 0 Å². The third kappa shape index (κ3) is 3.91. The Hall–Kier alpha value is -1.01. The van der Waals surface area contributed by atoms with E-state index in [1.807, 2.05) is 61.6 Å². The predicted octanol–water partition coefficient (Wildman–Crippen LogP) is 3.92. The number of rotatable bonds is 1. The molecule has 0 N–H and O–H groups in total. The third-order valence-electron chi connectivity index (χ3n) is 4.79. The normalized spacial score (nSPS) is 27.0. The lowest BCUT2D eigenvalue weighted by Gasteiger charge is -2.33. The Labute approximate surface area is 140 Å². The first kappa shape index (κ1) is 18.3. The molecule has 2 aliphatic heterocycles. The highest BCUT2D eigenvalue weighted by molar-refractivity contribution is 6.54. The van der Waals surface area contributed by atoms with Crippen LogP contribution in [0.4, 0.5) is 4.79 Å². The van der Waals surface area contributed by atoms with E-state index in [-0.39, 0.29) is 23.3 Å². The van der Waals surface area contributed by atoms with Crippen molar-refractivity contribution in [3.8, 4) is 0 Å². The molecule has 1 unspecified atom stereocenters. The monoisotopic (exact) mass is 323 g/mol. The number of carbonyl (C=O) groups is 1. The zero-order valence-corrected chi connectivity index (χ0v) is 15.7. The predicted molar refractivity (Wildman–Crippen MR) is 90.9 cm³/mol. The van der Waals surface area contributed by atoms with Crippen LogP contribution in [0.5, 0.6) is 0 Å². The number of carbonyl (C=O) groups excluding carboxylic acids is 1. The minimum atomic E-state index is -0.507. The molecule has 2 heterocycles. The second-order valence-electron chi connectivity index (χ2n) is 8.57. The third-order valence-corrected chi connectivity index (χ3v) is 4.79. The molecular weight excluding hydrogens is 293 g/mol. The lowest BCUT2D eigenvalue weighted by Crippen LogP contribution is -2.42. The molecule has 5 nitrogen and oxygen atoms in total. The Morgan fingerprint density at radius 2 is 1.78 bits per heavy atom. The average Bonchev–Trinajstić information content (AvgIpc) is 2.56.